The summed E-state index contributed by atoms with van der Waals surface area (Å²) in [5.41, 5.74) is 0.524. The highest BCUT2D eigenvalue weighted by Crippen LogP contribution is 2.25. The van der Waals surface area contributed by atoms with Crippen LogP contribution in [0.2, 0.25) is 0 Å². The van der Waals surface area contributed by atoms with E-state index < -0.39 is 12.0 Å². The second-order valence-electron chi connectivity index (χ2n) is 6.81. The smallest absolute Gasteiger partial charge is 0.331 e. The number of likely N-dealkylation sites (N-methyl/N-ethyl adjacent to an activating group) is 1. The van der Waals surface area contributed by atoms with Crippen LogP contribution in [0.1, 0.15) is 44.7 Å². The Morgan fingerprint density at radius 1 is 1.38 bits per heavy atom. The van der Waals surface area contributed by atoms with Gasteiger partial charge in [-0.3, -0.25) is 9.78 Å². The molecular formula is C18H27N3O3. The molecule has 1 amide bonds. The molecule has 1 unspecified atom stereocenters. The van der Waals surface area contributed by atoms with Crippen LogP contribution < -0.4 is 0 Å². The van der Waals surface area contributed by atoms with E-state index in [1.165, 1.54) is 11.1 Å². The molecule has 0 spiro atoms. The molecular weight excluding hydrogens is 306 g/mol. The van der Waals surface area contributed by atoms with Crippen LogP contribution in [-0.4, -0.2) is 57.9 Å². The number of carbonyl (C=O) groups excluding carboxylic acids is 1. The first-order valence-corrected chi connectivity index (χ1v) is 8.52. The van der Waals surface area contributed by atoms with Gasteiger partial charge in [0.05, 0.1) is 0 Å². The Hall–Kier alpha value is -1.95. The third-order valence-electron chi connectivity index (χ3n) is 4.86. The number of rotatable bonds is 6. The lowest BCUT2D eigenvalue weighted by Gasteiger charge is -2.35. The summed E-state index contributed by atoms with van der Waals surface area (Å²) in [5, 5.41) is 9.52. The van der Waals surface area contributed by atoms with Gasteiger partial charge in [-0.2, -0.15) is 0 Å². The first kappa shape index (κ1) is 18.4. The first-order chi connectivity index (χ1) is 11.4. The third kappa shape index (κ3) is 4.54. The summed E-state index contributed by atoms with van der Waals surface area (Å²) in [6, 6.07) is 2.93. The van der Waals surface area contributed by atoms with Crippen molar-refractivity contribution >= 4 is 11.9 Å². The standard InChI is InChI=1S/C18H27N3O3/c1-13(2)21-9-6-14(7-10-21)11-16(22)20(3)17(18(23)24)15-5-4-8-19-12-15/h4-5,8,12-14,17H,6-7,9-11H2,1-3H3,(H,23,24). The second kappa shape index (κ2) is 8.24. The average Bonchev–Trinajstić information content (AvgIpc) is 2.56. The Kier molecular flexibility index (Phi) is 6.31. The van der Waals surface area contributed by atoms with Crippen molar-refractivity contribution in [3.8, 4) is 0 Å². The van der Waals surface area contributed by atoms with Crippen LogP contribution in [0, 0.1) is 5.92 Å². The third-order valence-corrected chi connectivity index (χ3v) is 4.86. The Morgan fingerprint density at radius 3 is 2.54 bits per heavy atom. The van der Waals surface area contributed by atoms with Crippen molar-refractivity contribution in [3.63, 3.8) is 0 Å². The van der Waals surface area contributed by atoms with Crippen LogP contribution in [0.25, 0.3) is 0 Å². The average molecular weight is 333 g/mol. The van der Waals surface area contributed by atoms with Gasteiger partial charge in [-0.05, 0) is 51.8 Å². The first-order valence-electron chi connectivity index (χ1n) is 8.52. The van der Waals surface area contributed by atoms with Crippen LogP contribution in [0.4, 0.5) is 0 Å². The van der Waals surface area contributed by atoms with Crippen molar-refractivity contribution in [2.45, 2.75) is 45.2 Å². The number of aromatic nitrogens is 1. The molecule has 24 heavy (non-hydrogen) atoms. The molecule has 1 aromatic heterocycles. The fourth-order valence-corrected chi connectivity index (χ4v) is 3.28. The summed E-state index contributed by atoms with van der Waals surface area (Å²) < 4.78 is 0. The summed E-state index contributed by atoms with van der Waals surface area (Å²) in [7, 11) is 1.57. The van der Waals surface area contributed by atoms with E-state index >= 15 is 0 Å². The largest absolute Gasteiger partial charge is 0.479 e. The minimum Gasteiger partial charge on any atom is -0.479 e. The van der Waals surface area contributed by atoms with E-state index in [-0.39, 0.29) is 5.91 Å². The van der Waals surface area contributed by atoms with Gasteiger partial charge in [0.2, 0.25) is 5.91 Å². The molecule has 2 heterocycles. The molecule has 1 fully saturated rings. The SMILES string of the molecule is CC(C)N1CCC(CC(=O)N(C)C(C(=O)O)c2cccnc2)CC1. The molecule has 0 bridgehead atoms. The molecule has 1 N–H and O–H groups in total. The molecule has 1 aliphatic heterocycles. The maximum Gasteiger partial charge on any atom is 0.331 e. The van der Waals surface area contributed by atoms with Gasteiger partial charge in [0.15, 0.2) is 6.04 Å². The molecule has 0 aliphatic carbocycles. The molecule has 6 nitrogen and oxygen atoms in total. The number of carboxylic acids is 1. The van der Waals surface area contributed by atoms with Gasteiger partial charge in [-0.1, -0.05) is 6.07 Å². The van der Waals surface area contributed by atoms with E-state index in [9.17, 15) is 14.7 Å². The van der Waals surface area contributed by atoms with E-state index in [0.717, 1.165) is 25.9 Å². The number of amides is 1. The van der Waals surface area contributed by atoms with Gasteiger partial charge in [0.1, 0.15) is 0 Å². The van der Waals surface area contributed by atoms with E-state index in [1.807, 2.05) is 0 Å². The monoisotopic (exact) mass is 333 g/mol. The van der Waals surface area contributed by atoms with E-state index in [2.05, 4.69) is 23.7 Å². The summed E-state index contributed by atoms with van der Waals surface area (Å²) in [4.78, 5) is 31.9. The van der Waals surface area contributed by atoms with Gasteiger partial charge in [-0.25, -0.2) is 4.79 Å². The summed E-state index contributed by atoms with van der Waals surface area (Å²) in [6.07, 6.45) is 5.48. The van der Waals surface area contributed by atoms with Gasteiger partial charge in [0.25, 0.3) is 0 Å². The quantitative estimate of drug-likeness (QED) is 0.864. The Morgan fingerprint density at radius 2 is 2.04 bits per heavy atom. The summed E-state index contributed by atoms with van der Waals surface area (Å²) >= 11 is 0. The van der Waals surface area contributed by atoms with Gasteiger partial charge in [-0.15, -0.1) is 0 Å². The molecule has 1 aliphatic rings. The zero-order valence-electron chi connectivity index (χ0n) is 14.7. The fourth-order valence-electron chi connectivity index (χ4n) is 3.28. The zero-order valence-corrected chi connectivity index (χ0v) is 14.7. The molecule has 1 saturated heterocycles. The van der Waals surface area contributed by atoms with E-state index in [1.54, 1.807) is 25.4 Å². The highest BCUT2D eigenvalue weighted by molar-refractivity contribution is 5.84. The molecule has 0 aromatic carbocycles. The van der Waals surface area contributed by atoms with Gasteiger partial charge < -0.3 is 14.9 Å². The van der Waals surface area contributed by atoms with Crippen molar-refractivity contribution in [2.24, 2.45) is 5.92 Å². The molecule has 2 rings (SSSR count). The minimum atomic E-state index is -1.03. The Balaban J connectivity index is 1.97. The van der Waals surface area contributed by atoms with Crippen LogP contribution in [-0.2, 0) is 9.59 Å². The molecule has 0 saturated carbocycles. The number of pyridine rings is 1. The van der Waals surface area contributed by atoms with Crippen molar-refractivity contribution in [2.75, 3.05) is 20.1 Å². The highest BCUT2D eigenvalue weighted by Gasteiger charge is 2.30. The highest BCUT2D eigenvalue weighted by atomic mass is 16.4. The lowest BCUT2D eigenvalue weighted by atomic mass is 9.92. The second-order valence-corrected chi connectivity index (χ2v) is 6.81. The topological polar surface area (TPSA) is 73.7 Å². The van der Waals surface area contributed by atoms with Crippen molar-refractivity contribution < 1.29 is 14.7 Å². The number of likely N-dealkylation sites (tertiary alicyclic amines) is 1. The van der Waals surface area contributed by atoms with Crippen molar-refractivity contribution in [1.82, 2.24) is 14.8 Å². The lowest BCUT2D eigenvalue weighted by Crippen LogP contribution is -2.41. The predicted molar refractivity (Wildman–Crippen MR) is 91.4 cm³/mol. The van der Waals surface area contributed by atoms with Crippen LogP contribution in [0.3, 0.4) is 0 Å². The Bertz CT molecular complexity index is 554. The number of aliphatic carboxylic acids is 1. The molecule has 1 aromatic rings. The predicted octanol–water partition coefficient (Wildman–Crippen LogP) is 2.18. The lowest BCUT2D eigenvalue weighted by molar-refractivity contribution is -0.149. The van der Waals surface area contributed by atoms with E-state index in [0.29, 0.717) is 23.9 Å². The Labute approximate surface area is 143 Å². The number of carboxylic acid groups (broad SMARTS) is 1. The fraction of sp³-hybridized carbons (Fsp3) is 0.611. The summed E-state index contributed by atoms with van der Waals surface area (Å²) in [6.45, 7) is 6.38. The van der Waals surface area contributed by atoms with Crippen LogP contribution in [0.5, 0.6) is 0 Å². The van der Waals surface area contributed by atoms with Gasteiger partial charge in [0, 0.05) is 37.5 Å². The van der Waals surface area contributed by atoms with Crippen molar-refractivity contribution in [3.05, 3.63) is 30.1 Å². The number of hydrogen-bond donors (Lipinski definition) is 1. The van der Waals surface area contributed by atoms with E-state index in [4.69, 9.17) is 0 Å². The number of hydrogen-bond acceptors (Lipinski definition) is 4. The minimum absolute atomic E-state index is 0.116. The normalized spacial score (nSPS) is 17.7. The van der Waals surface area contributed by atoms with Crippen LogP contribution >= 0.6 is 0 Å². The molecule has 1 atom stereocenters. The maximum atomic E-state index is 12.6. The van der Waals surface area contributed by atoms with Crippen LogP contribution in [0.15, 0.2) is 24.5 Å². The molecule has 132 valence electrons. The maximum absolute atomic E-state index is 12.6. The number of carbonyl (C=O) groups is 2. The van der Waals surface area contributed by atoms with Gasteiger partial charge >= 0.3 is 5.97 Å². The molecule has 0 radical (unpaired) electrons. The number of piperidine rings is 1. The summed E-state index contributed by atoms with van der Waals surface area (Å²) in [5.74, 6) is -0.818. The molecule has 6 heteroatoms. The number of nitrogens with zero attached hydrogens (tertiary/aromatic N) is 3. The van der Waals surface area contributed by atoms with Crippen molar-refractivity contribution in [1.29, 1.82) is 0 Å². The zero-order chi connectivity index (χ0) is 17.7.